The second-order valence-corrected chi connectivity index (χ2v) is 5.64. The third kappa shape index (κ3) is 1.94. The number of rotatable bonds is 1. The lowest BCUT2D eigenvalue weighted by Crippen LogP contribution is -2.52. The number of nitrogens with one attached hydrogen (secondary N) is 1. The van der Waals surface area contributed by atoms with E-state index in [1.165, 1.54) is 64.6 Å². The highest BCUT2D eigenvalue weighted by atomic mass is 15.2. The van der Waals surface area contributed by atoms with Crippen LogP contribution in [-0.2, 0) is 0 Å². The normalized spacial score (nSPS) is 42.8. The predicted octanol–water partition coefficient (Wildman–Crippen LogP) is 2.00. The van der Waals surface area contributed by atoms with Crippen molar-refractivity contribution in [2.45, 2.75) is 57.0 Å². The van der Waals surface area contributed by atoms with Gasteiger partial charge in [-0.15, -0.1) is 0 Å². The van der Waals surface area contributed by atoms with Gasteiger partial charge in [-0.2, -0.15) is 0 Å². The van der Waals surface area contributed by atoms with E-state index in [2.05, 4.69) is 10.2 Å². The molecule has 3 rings (SSSR count). The molecule has 0 aromatic rings. The van der Waals surface area contributed by atoms with E-state index in [9.17, 15) is 0 Å². The maximum Gasteiger partial charge on any atom is 0.0235 e. The van der Waals surface area contributed by atoms with Gasteiger partial charge in [0.15, 0.2) is 0 Å². The lowest BCUT2D eigenvalue weighted by atomic mass is 9.77. The first-order valence-corrected chi connectivity index (χ1v) is 6.91. The van der Waals surface area contributed by atoms with Crippen molar-refractivity contribution in [3.63, 3.8) is 0 Å². The highest BCUT2D eigenvalue weighted by Gasteiger charge is 2.37. The number of piperidine rings is 1. The maximum atomic E-state index is 3.52. The molecule has 0 aromatic heterocycles. The smallest absolute Gasteiger partial charge is 0.0235 e. The Morgan fingerprint density at radius 1 is 0.933 bits per heavy atom. The van der Waals surface area contributed by atoms with Gasteiger partial charge in [0, 0.05) is 18.6 Å². The Morgan fingerprint density at radius 2 is 1.80 bits per heavy atom. The number of fused-ring (bicyclic) bond motifs is 1. The van der Waals surface area contributed by atoms with Crippen molar-refractivity contribution < 1.29 is 0 Å². The summed E-state index contributed by atoms with van der Waals surface area (Å²) < 4.78 is 0. The minimum Gasteiger partial charge on any atom is -0.315 e. The molecule has 0 bridgehead atoms. The summed E-state index contributed by atoms with van der Waals surface area (Å²) in [6, 6.07) is 1.83. The number of likely N-dealkylation sites (tertiary alicyclic amines) is 1. The Hall–Kier alpha value is -0.0800. The van der Waals surface area contributed by atoms with Crippen molar-refractivity contribution in [2.75, 3.05) is 19.6 Å². The molecule has 0 spiro atoms. The molecule has 0 amide bonds. The van der Waals surface area contributed by atoms with Gasteiger partial charge in [-0.25, -0.2) is 0 Å². The molecule has 2 heteroatoms. The van der Waals surface area contributed by atoms with Crippen molar-refractivity contribution in [3.8, 4) is 0 Å². The molecular formula is C13H24N2. The van der Waals surface area contributed by atoms with Gasteiger partial charge in [-0.3, -0.25) is 4.90 Å². The quantitative estimate of drug-likeness (QED) is 0.709. The number of nitrogens with zero attached hydrogens (tertiary/aromatic N) is 1. The van der Waals surface area contributed by atoms with Crippen LogP contribution in [0.5, 0.6) is 0 Å². The maximum absolute atomic E-state index is 3.52. The summed E-state index contributed by atoms with van der Waals surface area (Å²) in [5.41, 5.74) is 0. The first-order chi connectivity index (χ1) is 7.45. The standard InChI is InChI=1S/C13H24N2/c1-2-6-13-11(4-1)5-3-9-15(13)12-7-8-14-10-12/h11-14H,1-10H2. The van der Waals surface area contributed by atoms with Gasteiger partial charge < -0.3 is 5.32 Å². The zero-order valence-electron chi connectivity index (χ0n) is 9.75. The van der Waals surface area contributed by atoms with Crippen LogP contribution >= 0.6 is 0 Å². The van der Waals surface area contributed by atoms with Gasteiger partial charge in [0.1, 0.15) is 0 Å². The third-order valence-corrected chi connectivity index (χ3v) is 4.79. The number of hydrogen-bond acceptors (Lipinski definition) is 2. The summed E-state index contributed by atoms with van der Waals surface area (Å²) in [4.78, 5) is 2.87. The molecule has 3 fully saturated rings. The van der Waals surface area contributed by atoms with Crippen LogP contribution in [0.15, 0.2) is 0 Å². The van der Waals surface area contributed by atoms with Crippen molar-refractivity contribution in [1.29, 1.82) is 0 Å². The van der Waals surface area contributed by atoms with E-state index in [0.29, 0.717) is 0 Å². The molecule has 15 heavy (non-hydrogen) atoms. The van der Waals surface area contributed by atoms with Crippen LogP contribution in [0, 0.1) is 5.92 Å². The lowest BCUT2D eigenvalue weighted by molar-refractivity contribution is 0.0319. The minimum absolute atomic E-state index is 0.871. The molecule has 86 valence electrons. The van der Waals surface area contributed by atoms with Gasteiger partial charge in [0.05, 0.1) is 0 Å². The average Bonchev–Trinajstić information content (AvgIpc) is 2.82. The zero-order valence-corrected chi connectivity index (χ0v) is 9.75. The highest BCUT2D eigenvalue weighted by Crippen LogP contribution is 2.36. The van der Waals surface area contributed by atoms with Crippen LogP contribution in [-0.4, -0.2) is 36.6 Å². The molecule has 2 saturated heterocycles. The van der Waals surface area contributed by atoms with Crippen LogP contribution < -0.4 is 5.32 Å². The molecule has 0 radical (unpaired) electrons. The van der Waals surface area contributed by atoms with E-state index in [1.807, 2.05) is 0 Å². The molecule has 1 saturated carbocycles. The first-order valence-electron chi connectivity index (χ1n) is 6.91. The zero-order chi connectivity index (χ0) is 10.1. The monoisotopic (exact) mass is 208 g/mol. The molecule has 0 aromatic carbocycles. The summed E-state index contributed by atoms with van der Waals surface area (Å²) in [7, 11) is 0. The second kappa shape index (κ2) is 4.42. The van der Waals surface area contributed by atoms with E-state index in [0.717, 1.165) is 18.0 Å². The Labute approximate surface area is 93.4 Å². The van der Waals surface area contributed by atoms with Gasteiger partial charge in [0.2, 0.25) is 0 Å². The van der Waals surface area contributed by atoms with Crippen LogP contribution in [0.1, 0.15) is 44.9 Å². The largest absolute Gasteiger partial charge is 0.315 e. The summed E-state index contributed by atoms with van der Waals surface area (Å²) in [5.74, 6) is 1.05. The molecule has 1 aliphatic carbocycles. The van der Waals surface area contributed by atoms with Gasteiger partial charge in [0.25, 0.3) is 0 Å². The molecule has 2 nitrogen and oxygen atoms in total. The fourth-order valence-electron chi connectivity index (χ4n) is 4.04. The van der Waals surface area contributed by atoms with Crippen molar-refractivity contribution in [1.82, 2.24) is 10.2 Å². The van der Waals surface area contributed by atoms with E-state index in [4.69, 9.17) is 0 Å². The fourth-order valence-corrected chi connectivity index (χ4v) is 4.04. The lowest BCUT2D eigenvalue weighted by Gasteiger charge is -2.46. The molecule has 3 unspecified atom stereocenters. The van der Waals surface area contributed by atoms with E-state index >= 15 is 0 Å². The van der Waals surface area contributed by atoms with Crippen molar-refractivity contribution in [2.24, 2.45) is 5.92 Å². The topological polar surface area (TPSA) is 15.3 Å². The average molecular weight is 208 g/mol. The summed E-state index contributed by atoms with van der Waals surface area (Å²) >= 11 is 0. The Kier molecular flexibility index (Phi) is 2.98. The van der Waals surface area contributed by atoms with E-state index in [-0.39, 0.29) is 0 Å². The first kappa shape index (κ1) is 10.1. The van der Waals surface area contributed by atoms with Crippen LogP contribution in [0.2, 0.25) is 0 Å². The Bertz CT molecular complexity index is 209. The van der Waals surface area contributed by atoms with Crippen LogP contribution in [0.4, 0.5) is 0 Å². The van der Waals surface area contributed by atoms with Crippen LogP contribution in [0.25, 0.3) is 0 Å². The Morgan fingerprint density at radius 3 is 2.67 bits per heavy atom. The molecule has 2 aliphatic heterocycles. The fraction of sp³-hybridized carbons (Fsp3) is 1.00. The second-order valence-electron chi connectivity index (χ2n) is 5.64. The minimum atomic E-state index is 0.871. The predicted molar refractivity (Wildman–Crippen MR) is 63.0 cm³/mol. The summed E-state index contributed by atoms with van der Waals surface area (Å²) in [5, 5.41) is 3.52. The van der Waals surface area contributed by atoms with Crippen molar-refractivity contribution >= 4 is 0 Å². The number of hydrogen-bond donors (Lipinski definition) is 1. The highest BCUT2D eigenvalue weighted by molar-refractivity contribution is 4.92. The molecule has 1 N–H and O–H groups in total. The van der Waals surface area contributed by atoms with Gasteiger partial charge >= 0.3 is 0 Å². The van der Waals surface area contributed by atoms with Crippen LogP contribution in [0.3, 0.4) is 0 Å². The summed E-state index contributed by atoms with van der Waals surface area (Å²) in [6.07, 6.45) is 10.3. The third-order valence-electron chi connectivity index (χ3n) is 4.79. The molecule has 3 atom stereocenters. The Balaban J connectivity index is 1.69. The molecule has 2 heterocycles. The van der Waals surface area contributed by atoms with E-state index in [1.54, 1.807) is 0 Å². The van der Waals surface area contributed by atoms with Gasteiger partial charge in [-0.05, 0) is 51.1 Å². The molecular weight excluding hydrogens is 184 g/mol. The van der Waals surface area contributed by atoms with E-state index < -0.39 is 0 Å². The van der Waals surface area contributed by atoms with Gasteiger partial charge in [-0.1, -0.05) is 12.8 Å². The van der Waals surface area contributed by atoms with Crippen molar-refractivity contribution in [3.05, 3.63) is 0 Å². The SMILES string of the molecule is C1CCC2C(C1)CCCN2C1CCNC1. The summed E-state index contributed by atoms with van der Waals surface area (Å²) in [6.45, 7) is 3.88. The molecule has 3 aliphatic rings.